The lowest BCUT2D eigenvalue weighted by atomic mass is 9.47. The molecule has 0 aromatic rings. The van der Waals surface area contributed by atoms with Crippen LogP contribution in [0.25, 0.3) is 0 Å². The van der Waals surface area contributed by atoms with Crippen molar-refractivity contribution in [3.63, 3.8) is 0 Å². The van der Waals surface area contributed by atoms with E-state index in [0.29, 0.717) is 17.8 Å². The first kappa shape index (κ1) is 17.6. The zero-order valence-corrected chi connectivity index (χ0v) is 16.0. The highest BCUT2D eigenvalue weighted by atomic mass is 16.4. The Morgan fingerprint density at radius 3 is 2.64 bits per heavy atom. The fourth-order valence-electron chi connectivity index (χ4n) is 7.68. The van der Waals surface area contributed by atoms with Gasteiger partial charge < -0.3 is 10.2 Å². The van der Waals surface area contributed by atoms with Crippen LogP contribution in [0.5, 0.6) is 0 Å². The zero-order valence-electron chi connectivity index (χ0n) is 16.0. The molecule has 4 rings (SSSR count). The summed E-state index contributed by atoms with van der Waals surface area (Å²) in [6.45, 7) is 6.78. The van der Waals surface area contributed by atoms with Crippen molar-refractivity contribution in [2.45, 2.75) is 78.2 Å². The lowest BCUT2D eigenvalue weighted by Crippen LogP contribution is -2.51. The summed E-state index contributed by atoms with van der Waals surface area (Å²) in [5, 5.41) is 19.7. The molecule has 4 aliphatic carbocycles. The van der Waals surface area contributed by atoms with E-state index in [0.717, 1.165) is 38.0 Å². The fraction of sp³-hybridized carbons (Fsp3) is 0.864. The number of aliphatic hydroxyl groups is 1. The third kappa shape index (κ3) is 2.44. The number of aliphatic hydroxyl groups excluding tert-OH is 1. The van der Waals surface area contributed by atoms with Crippen LogP contribution in [0.1, 0.15) is 72.1 Å². The predicted octanol–water partition coefficient (Wildman–Crippen LogP) is 4.65. The van der Waals surface area contributed by atoms with Gasteiger partial charge in [-0.05, 0) is 85.9 Å². The minimum absolute atomic E-state index is 0.142. The molecule has 8 atom stereocenters. The van der Waals surface area contributed by atoms with E-state index in [9.17, 15) is 15.0 Å². The summed E-state index contributed by atoms with van der Waals surface area (Å²) in [6.07, 6.45) is 11.1. The maximum Gasteiger partial charge on any atom is 0.306 e. The van der Waals surface area contributed by atoms with Crippen LogP contribution in [-0.4, -0.2) is 22.3 Å². The van der Waals surface area contributed by atoms with Gasteiger partial charge in [-0.2, -0.15) is 0 Å². The van der Waals surface area contributed by atoms with Crippen molar-refractivity contribution < 1.29 is 15.0 Å². The summed E-state index contributed by atoms with van der Waals surface area (Å²) < 4.78 is 0. The van der Waals surface area contributed by atoms with Crippen LogP contribution in [0.15, 0.2) is 11.6 Å². The number of carbonyl (C=O) groups is 1. The van der Waals surface area contributed by atoms with Gasteiger partial charge in [0.1, 0.15) is 0 Å². The van der Waals surface area contributed by atoms with E-state index in [-0.39, 0.29) is 22.9 Å². The van der Waals surface area contributed by atoms with Crippen molar-refractivity contribution in [1.82, 2.24) is 0 Å². The van der Waals surface area contributed by atoms with Crippen LogP contribution in [0.2, 0.25) is 0 Å². The van der Waals surface area contributed by atoms with Crippen LogP contribution < -0.4 is 0 Å². The van der Waals surface area contributed by atoms with Crippen molar-refractivity contribution in [3.05, 3.63) is 11.6 Å². The first-order chi connectivity index (χ1) is 11.8. The van der Waals surface area contributed by atoms with Crippen molar-refractivity contribution in [1.29, 1.82) is 0 Å². The Hall–Kier alpha value is -0.830. The molecule has 4 aliphatic rings. The molecule has 0 saturated heterocycles. The number of rotatable bonds is 2. The normalized spacial score (nSPS) is 50.2. The van der Waals surface area contributed by atoms with Crippen LogP contribution >= 0.6 is 0 Å². The van der Waals surface area contributed by atoms with Gasteiger partial charge in [-0.3, -0.25) is 4.79 Å². The van der Waals surface area contributed by atoms with Crippen LogP contribution in [-0.2, 0) is 4.79 Å². The number of fused-ring (bicyclic) bond motifs is 5. The van der Waals surface area contributed by atoms with E-state index in [2.05, 4.69) is 19.9 Å². The van der Waals surface area contributed by atoms with E-state index in [1.54, 1.807) is 0 Å². The van der Waals surface area contributed by atoms with Crippen molar-refractivity contribution in [2.24, 2.45) is 40.4 Å². The highest BCUT2D eigenvalue weighted by Gasteiger charge is 2.59. The summed E-state index contributed by atoms with van der Waals surface area (Å²) in [6, 6.07) is 0. The molecule has 0 bridgehead atoms. The quantitative estimate of drug-likeness (QED) is 0.716. The minimum Gasteiger partial charge on any atom is -0.481 e. The number of aliphatic carboxylic acids is 1. The highest BCUT2D eigenvalue weighted by Crippen LogP contribution is 2.67. The summed E-state index contributed by atoms with van der Waals surface area (Å²) >= 11 is 0. The van der Waals surface area contributed by atoms with E-state index >= 15 is 0 Å². The molecule has 0 aromatic heterocycles. The molecule has 0 spiro atoms. The van der Waals surface area contributed by atoms with Gasteiger partial charge in [0.05, 0.1) is 12.0 Å². The lowest BCUT2D eigenvalue weighted by molar-refractivity contribution is -0.146. The number of carboxylic acid groups (broad SMARTS) is 1. The predicted molar refractivity (Wildman–Crippen MR) is 98.0 cm³/mol. The molecule has 140 valence electrons. The van der Waals surface area contributed by atoms with Crippen molar-refractivity contribution in [3.8, 4) is 0 Å². The minimum atomic E-state index is -0.618. The summed E-state index contributed by atoms with van der Waals surface area (Å²) in [5.74, 6) is 1.63. The third-order valence-electron chi connectivity index (χ3n) is 9.14. The largest absolute Gasteiger partial charge is 0.481 e. The van der Waals surface area contributed by atoms with Gasteiger partial charge in [0.25, 0.3) is 0 Å². The molecule has 0 amide bonds. The molecule has 3 fully saturated rings. The van der Waals surface area contributed by atoms with Gasteiger partial charge in [-0.15, -0.1) is 0 Å². The van der Waals surface area contributed by atoms with Crippen LogP contribution in [0.3, 0.4) is 0 Å². The third-order valence-corrected chi connectivity index (χ3v) is 9.14. The molecule has 25 heavy (non-hydrogen) atoms. The smallest absolute Gasteiger partial charge is 0.306 e. The van der Waals surface area contributed by atoms with Crippen LogP contribution in [0.4, 0.5) is 0 Å². The molecule has 3 nitrogen and oxygen atoms in total. The molecule has 0 radical (unpaired) electrons. The first-order valence-corrected chi connectivity index (χ1v) is 10.4. The van der Waals surface area contributed by atoms with E-state index in [1.807, 2.05) is 6.92 Å². The summed E-state index contributed by atoms with van der Waals surface area (Å²) in [7, 11) is 0. The van der Waals surface area contributed by atoms with E-state index in [1.165, 1.54) is 24.8 Å². The molecular weight excluding hydrogens is 312 g/mol. The van der Waals surface area contributed by atoms with Gasteiger partial charge >= 0.3 is 5.97 Å². The second-order valence-electron chi connectivity index (χ2n) is 10.0. The van der Waals surface area contributed by atoms with Crippen molar-refractivity contribution >= 4 is 5.97 Å². The molecule has 3 saturated carbocycles. The molecule has 0 aromatic carbocycles. The molecule has 0 aliphatic heterocycles. The van der Waals surface area contributed by atoms with Crippen molar-refractivity contribution in [2.75, 3.05) is 0 Å². The summed E-state index contributed by atoms with van der Waals surface area (Å²) in [4.78, 5) is 11.6. The lowest BCUT2D eigenvalue weighted by Gasteiger charge is -2.58. The standard InChI is InChI=1S/C22H34O3/c1-13(20(24)25)17-6-7-18-16-5-4-14-12-15(23)8-10-21(14,2)19(16)9-11-22(17,18)3/h4,13,15-19,23H,5-12H2,1-3H3,(H,24,25)/t13-,15-,16-,17+,18+,19-,21-,22+/m0/s1. The average Bonchev–Trinajstić information content (AvgIpc) is 2.92. The first-order valence-electron chi connectivity index (χ1n) is 10.4. The SMILES string of the molecule is C[C@H](C(=O)O)[C@H]1CC[C@@H]2[C@@H]3CC=C4C[C@@H](O)CC[C@]4(C)[C@H]3CC[C@@]21C. The van der Waals surface area contributed by atoms with Gasteiger partial charge in [-0.1, -0.05) is 32.4 Å². The Morgan fingerprint density at radius 1 is 1.16 bits per heavy atom. The molecule has 2 N–H and O–H groups in total. The van der Waals surface area contributed by atoms with Crippen LogP contribution in [0, 0.1) is 40.4 Å². The second-order valence-corrected chi connectivity index (χ2v) is 10.0. The Balaban J connectivity index is 1.63. The number of carboxylic acids is 1. The van der Waals surface area contributed by atoms with Gasteiger partial charge in [0, 0.05) is 0 Å². The number of hydrogen-bond donors (Lipinski definition) is 2. The average molecular weight is 347 g/mol. The Morgan fingerprint density at radius 2 is 1.92 bits per heavy atom. The highest BCUT2D eigenvalue weighted by molar-refractivity contribution is 5.70. The second kappa shape index (κ2) is 5.84. The van der Waals surface area contributed by atoms with Gasteiger partial charge in [0.2, 0.25) is 0 Å². The molecule has 0 unspecified atom stereocenters. The Kier molecular flexibility index (Phi) is 4.10. The fourth-order valence-corrected chi connectivity index (χ4v) is 7.68. The Bertz CT molecular complexity index is 596. The topological polar surface area (TPSA) is 57.5 Å². The molecule has 3 heteroatoms. The van der Waals surface area contributed by atoms with Gasteiger partial charge in [0.15, 0.2) is 0 Å². The molecular formula is C22H34O3. The monoisotopic (exact) mass is 346 g/mol. The maximum absolute atomic E-state index is 11.6. The Labute approximate surface area is 151 Å². The molecule has 0 heterocycles. The number of allylic oxidation sites excluding steroid dienone is 1. The van der Waals surface area contributed by atoms with E-state index in [4.69, 9.17) is 0 Å². The van der Waals surface area contributed by atoms with Gasteiger partial charge in [-0.25, -0.2) is 0 Å². The number of hydrogen-bond acceptors (Lipinski definition) is 2. The zero-order chi connectivity index (χ0) is 18.0. The maximum atomic E-state index is 11.6. The van der Waals surface area contributed by atoms with E-state index < -0.39 is 5.97 Å². The summed E-state index contributed by atoms with van der Waals surface area (Å²) in [5.41, 5.74) is 2.00.